The Balaban J connectivity index is 1.55. The van der Waals surface area contributed by atoms with E-state index in [1.165, 1.54) is 0 Å². The molecule has 0 aliphatic carbocycles. The number of rotatable bonds is 6. The Morgan fingerprint density at radius 2 is 1.82 bits per heavy atom. The summed E-state index contributed by atoms with van der Waals surface area (Å²) in [5.74, 6) is 1.19. The fourth-order valence-electron chi connectivity index (χ4n) is 3.56. The molecule has 0 bridgehead atoms. The number of benzene rings is 2. The van der Waals surface area contributed by atoms with Crippen LogP contribution in [-0.4, -0.2) is 40.5 Å². The largest absolute Gasteiger partial charge is 0.497 e. The van der Waals surface area contributed by atoms with Crippen molar-refractivity contribution in [3.8, 4) is 5.75 Å². The number of carbonyl (C=O) groups is 1. The smallest absolute Gasteiger partial charge is 0.257 e. The SMILES string of the molecule is COc1ccc2[nH]cc(CCN=C(NC(=O)c3ccc(Br)cc3)Nc3nc(C)cc(C)n3)c2c1. The molecule has 0 saturated heterocycles. The Morgan fingerprint density at radius 3 is 2.53 bits per heavy atom. The van der Waals surface area contributed by atoms with Crippen LogP contribution >= 0.6 is 15.9 Å². The zero-order chi connectivity index (χ0) is 24.1. The number of hydrogen-bond acceptors (Lipinski definition) is 5. The van der Waals surface area contributed by atoms with Crippen LogP contribution in [0.25, 0.3) is 10.9 Å². The second-order valence-electron chi connectivity index (χ2n) is 7.77. The molecule has 3 N–H and O–H groups in total. The van der Waals surface area contributed by atoms with Crippen LogP contribution in [0.2, 0.25) is 0 Å². The van der Waals surface area contributed by atoms with Gasteiger partial charge in [-0.25, -0.2) is 9.97 Å². The summed E-state index contributed by atoms with van der Waals surface area (Å²) >= 11 is 3.39. The third-order valence-corrected chi connectivity index (χ3v) is 5.71. The standard InChI is InChI=1S/C25H25BrN6O2/c1-15-12-16(2)30-25(29-15)32-24(31-23(33)17-4-6-19(26)7-5-17)27-11-10-18-14-28-22-9-8-20(34-3)13-21(18)22/h4-9,12-14,28H,10-11H2,1-3H3,(H2,27,29,30,31,32,33). The van der Waals surface area contributed by atoms with Crippen molar-refractivity contribution in [1.82, 2.24) is 20.3 Å². The number of nitrogens with one attached hydrogen (secondary N) is 3. The van der Waals surface area contributed by atoms with Gasteiger partial charge in [-0.05, 0) is 74.4 Å². The van der Waals surface area contributed by atoms with Gasteiger partial charge in [-0.2, -0.15) is 0 Å². The predicted octanol–water partition coefficient (Wildman–Crippen LogP) is 4.79. The van der Waals surface area contributed by atoms with E-state index in [0.29, 0.717) is 24.5 Å². The highest BCUT2D eigenvalue weighted by Gasteiger charge is 2.12. The van der Waals surface area contributed by atoms with E-state index in [9.17, 15) is 4.79 Å². The topological polar surface area (TPSA) is 104 Å². The first-order valence-corrected chi connectivity index (χ1v) is 11.6. The van der Waals surface area contributed by atoms with Crippen molar-refractivity contribution in [2.75, 3.05) is 19.0 Å². The van der Waals surface area contributed by atoms with E-state index >= 15 is 0 Å². The fraction of sp³-hybridized carbons (Fsp3) is 0.200. The summed E-state index contributed by atoms with van der Waals surface area (Å²) < 4.78 is 6.25. The van der Waals surface area contributed by atoms with Gasteiger partial charge in [-0.15, -0.1) is 0 Å². The molecule has 0 spiro atoms. The van der Waals surface area contributed by atoms with Gasteiger partial charge in [0.2, 0.25) is 11.9 Å². The molecule has 0 unspecified atom stereocenters. The molecule has 0 radical (unpaired) electrons. The van der Waals surface area contributed by atoms with Gasteiger partial charge in [0.05, 0.1) is 7.11 Å². The Labute approximate surface area is 206 Å². The van der Waals surface area contributed by atoms with Crippen LogP contribution in [-0.2, 0) is 6.42 Å². The molecule has 2 aromatic heterocycles. The second-order valence-corrected chi connectivity index (χ2v) is 8.68. The molecule has 0 aliphatic heterocycles. The first kappa shape index (κ1) is 23.4. The van der Waals surface area contributed by atoms with Gasteiger partial charge in [0.1, 0.15) is 5.75 Å². The van der Waals surface area contributed by atoms with Crippen LogP contribution in [0.3, 0.4) is 0 Å². The number of fused-ring (bicyclic) bond motifs is 1. The number of ether oxygens (including phenoxy) is 1. The second kappa shape index (κ2) is 10.5. The third-order valence-electron chi connectivity index (χ3n) is 5.18. The summed E-state index contributed by atoms with van der Waals surface area (Å²) in [5, 5.41) is 7.00. The van der Waals surface area contributed by atoms with E-state index in [1.807, 2.05) is 56.4 Å². The molecule has 9 heteroatoms. The minimum absolute atomic E-state index is 0.278. The Morgan fingerprint density at radius 1 is 1.09 bits per heavy atom. The molecule has 8 nitrogen and oxygen atoms in total. The quantitative estimate of drug-likeness (QED) is 0.250. The normalized spacial score (nSPS) is 11.5. The maximum absolute atomic E-state index is 12.8. The summed E-state index contributed by atoms with van der Waals surface area (Å²) in [4.78, 5) is 29.5. The van der Waals surface area contributed by atoms with Crippen LogP contribution in [0, 0.1) is 13.8 Å². The maximum atomic E-state index is 12.8. The van der Waals surface area contributed by atoms with E-state index < -0.39 is 0 Å². The highest BCUT2D eigenvalue weighted by molar-refractivity contribution is 9.10. The van der Waals surface area contributed by atoms with Crippen LogP contribution in [0.15, 0.2) is 64.2 Å². The van der Waals surface area contributed by atoms with Crippen molar-refractivity contribution >= 4 is 44.6 Å². The van der Waals surface area contributed by atoms with Gasteiger partial charge in [0.25, 0.3) is 5.91 Å². The van der Waals surface area contributed by atoms with Crippen molar-refractivity contribution in [1.29, 1.82) is 0 Å². The van der Waals surface area contributed by atoms with E-state index in [4.69, 9.17) is 4.74 Å². The van der Waals surface area contributed by atoms with Crippen molar-refractivity contribution in [2.45, 2.75) is 20.3 Å². The minimum atomic E-state index is -0.278. The predicted molar refractivity (Wildman–Crippen MR) is 138 cm³/mol. The molecule has 1 amide bonds. The van der Waals surface area contributed by atoms with Gasteiger partial charge in [-0.3, -0.25) is 20.4 Å². The number of nitrogens with zero attached hydrogens (tertiary/aromatic N) is 3. The molecule has 0 atom stereocenters. The molecule has 0 fully saturated rings. The number of methoxy groups -OCH3 is 1. The lowest BCUT2D eigenvalue weighted by atomic mass is 10.1. The summed E-state index contributed by atoms with van der Waals surface area (Å²) in [6.07, 6.45) is 2.64. The number of guanidine groups is 1. The molecule has 2 aromatic carbocycles. The van der Waals surface area contributed by atoms with Gasteiger partial charge in [0, 0.05) is 45.1 Å². The first-order valence-electron chi connectivity index (χ1n) is 10.8. The molecule has 0 saturated carbocycles. The Kier molecular flexibility index (Phi) is 7.22. The lowest BCUT2D eigenvalue weighted by molar-refractivity contribution is 0.0977. The lowest BCUT2D eigenvalue weighted by Gasteiger charge is -2.12. The number of anilines is 1. The average molecular weight is 521 g/mol. The van der Waals surface area contributed by atoms with E-state index in [0.717, 1.165) is 38.1 Å². The molecule has 4 aromatic rings. The summed E-state index contributed by atoms with van der Waals surface area (Å²) in [6.45, 7) is 4.22. The summed E-state index contributed by atoms with van der Waals surface area (Å²) in [6, 6.07) is 14.9. The maximum Gasteiger partial charge on any atom is 0.257 e. The first-order chi connectivity index (χ1) is 16.4. The molecular formula is C25H25BrN6O2. The third kappa shape index (κ3) is 5.79. The van der Waals surface area contributed by atoms with Crippen LogP contribution in [0.5, 0.6) is 5.75 Å². The molecule has 2 heterocycles. The number of carbonyl (C=O) groups excluding carboxylic acids is 1. The molecule has 174 valence electrons. The minimum Gasteiger partial charge on any atom is -0.497 e. The monoisotopic (exact) mass is 520 g/mol. The highest BCUT2D eigenvalue weighted by Crippen LogP contribution is 2.24. The molecule has 0 aliphatic rings. The van der Waals surface area contributed by atoms with Crippen LogP contribution < -0.4 is 15.4 Å². The van der Waals surface area contributed by atoms with Crippen molar-refractivity contribution in [3.05, 3.63) is 81.7 Å². The fourth-order valence-corrected chi connectivity index (χ4v) is 3.82. The zero-order valence-corrected chi connectivity index (χ0v) is 20.7. The number of hydrogen-bond donors (Lipinski definition) is 3. The van der Waals surface area contributed by atoms with Crippen molar-refractivity contribution < 1.29 is 9.53 Å². The molecule has 4 rings (SSSR count). The number of aromatic nitrogens is 3. The van der Waals surface area contributed by atoms with Crippen LogP contribution in [0.4, 0.5) is 5.95 Å². The van der Waals surface area contributed by atoms with Crippen molar-refractivity contribution in [3.63, 3.8) is 0 Å². The summed E-state index contributed by atoms with van der Waals surface area (Å²) in [5.41, 5.74) is 4.30. The van der Waals surface area contributed by atoms with Crippen LogP contribution in [0.1, 0.15) is 27.3 Å². The lowest BCUT2D eigenvalue weighted by Crippen LogP contribution is -2.37. The number of H-pyrrole nitrogens is 1. The van der Waals surface area contributed by atoms with Gasteiger partial charge >= 0.3 is 0 Å². The number of amides is 1. The Bertz CT molecular complexity index is 1330. The van der Waals surface area contributed by atoms with E-state index in [-0.39, 0.29) is 11.9 Å². The zero-order valence-electron chi connectivity index (χ0n) is 19.1. The average Bonchev–Trinajstić information content (AvgIpc) is 3.20. The number of aliphatic imine (C=N–C) groups is 1. The number of halogens is 1. The number of aryl methyl sites for hydroxylation is 2. The molecular weight excluding hydrogens is 496 g/mol. The van der Waals surface area contributed by atoms with E-state index in [1.54, 1.807) is 19.2 Å². The van der Waals surface area contributed by atoms with Gasteiger partial charge in [-0.1, -0.05) is 15.9 Å². The molecule has 34 heavy (non-hydrogen) atoms. The van der Waals surface area contributed by atoms with Gasteiger partial charge in [0.15, 0.2) is 0 Å². The van der Waals surface area contributed by atoms with E-state index in [2.05, 4.69) is 46.5 Å². The van der Waals surface area contributed by atoms with Crippen molar-refractivity contribution in [2.24, 2.45) is 4.99 Å². The highest BCUT2D eigenvalue weighted by atomic mass is 79.9. The summed E-state index contributed by atoms with van der Waals surface area (Å²) in [7, 11) is 1.65. The van der Waals surface area contributed by atoms with Gasteiger partial charge < -0.3 is 9.72 Å². The Hall–Kier alpha value is -3.72. The number of aromatic amines is 1.